The summed E-state index contributed by atoms with van der Waals surface area (Å²) in [6.07, 6.45) is 3.53. The molecule has 6 heteroatoms. The highest BCUT2D eigenvalue weighted by Gasteiger charge is 2.11. The van der Waals surface area contributed by atoms with Gasteiger partial charge in [-0.25, -0.2) is 0 Å². The fraction of sp³-hybridized carbons (Fsp3) is 0.125. The molecule has 0 saturated carbocycles. The summed E-state index contributed by atoms with van der Waals surface area (Å²) in [5.74, 6) is 0. The van der Waals surface area contributed by atoms with Gasteiger partial charge in [-0.3, -0.25) is 4.98 Å². The lowest BCUT2D eigenvalue weighted by atomic mass is 10.1. The summed E-state index contributed by atoms with van der Waals surface area (Å²) >= 11 is 5.95. The maximum Gasteiger partial charge on any atom is 0.133 e. The van der Waals surface area contributed by atoms with E-state index >= 15 is 0 Å². The molecule has 22 heavy (non-hydrogen) atoms. The second-order valence-corrected chi connectivity index (χ2v) is 5.15. The van der Waals surface area contributed by atoms with Crippen molar-refractivity contribution in [1.82, 2.24) is 9.97 Å². The fourth-order valence-electron chi connectivity index (χ4n) is 2.13. The molecule has 3 N–H and O–H groups in total. The highest BCUT2D eigenvalue weighted by Crippen LogP contribution is 2.19. The molecule has 0 aliphatic rings. The number of fused-ring (bicyclic) bond motifs is 1. The van der Waals surface area contributed by atoms with Crippen LogP contribution in [-0.4, -0.2) is 28.8 Å². The molecule has 0 aliphatic heterocycles. The third-order valence-electron chi connectivity index (χ3n) is 3.16. The number of rotatable bonds is 5. The van der Waals surface area contributed by atoms with Gasteiger partial charge in [0.15, 0.2) is 0 Å². The van der Waals surface area contributed by atoms with Crippen molar-refractivity contribution in [3.63, 3.8) is 0 Å². The zero-order valence-electron chi connectivity index (χ0n) is 11.8. The predicted molar refractivity (Wildman–Crippen MR) is 88.2 cm³/mol. The van der Waals surface area contributed by atoms with Crippen LogP contribution < -0.4 is 5.73 Å². The van der Waals surface area contributed by atoms with E-state index < -0.39 is 0 Å². The minimum Gasteiger partial charge on any atom is -0.394 e. The zero-order chi connectivity index (χ0) is 15.4. The Morgan fingerprint density at radius 1 is 1.27 bits per heavy atom. The van der Waals surface area contributed by atoms with Gasteiger partial charge in [0, 0.05) is 28.7 Å². The summed E-state index contributed by atoms with van der Waals surface area (Å²) in [6.45, 7) is 0.771. The van der Waals surface area contributed by atoms with Gasteiger partial charge in [-0.2, -0.15) is 0 Å². The molecule has 0 aliphatic carbocycles. The second-order valence-electron chi connectivity index (χ2n) is 4.71. The van der Waals surface area contributed by atoms with Crippen molar-refractivity contribution in [1.29, 1.82) is 0 Å². The number of oxime groups is 1. The molecule has 0 bridgehead atoms. The van der Waals surface area contributed by atoms with Gasteiger partial charge in [0.05, 0.1) is 17.4 Å². The Balaban J connectivity index is 2.04. The molecule has 0 spiro atoms. The van der Waals surface area contributed by atoms with Crippen LogP contribution in [0.4, 0.5) is 0 Å². The predicted octanol–water partition coefficient (Wildman–Crippen LogP) is 2.94. The maximum atomic E-state index is 5.95. The van der Waals surface area contributed by atoms with E-state index in [1.807, 2.05) is 36.4 Å². The summed E-state index contributed by atoms with van der Waals surface area (Å²) in [4.78, 5) is 12.7. The van der Waals surface area contributed by atoms with Gasteiger partial charge in [0.25, 0.3) is 0 Å². The van der Waals surface area contributed by atoms with Crippen molar-refractivity contribution in [2.24, 2.45) is 10.9 Å². The van der Waals surface area contributed by atoms with Crippen molar-refractivity contribution in [2.75, 3.05) is 13.2 Å². The number of nitrogens with two attached hydrogens (primary N) is 1. The quantitative estimate of drug-likeness (QED) is 0.432. The Labute approximate surface area is 132 Å². The molecule has 2 heterocycles. The molecule has 0 saturated heterocycles. The monoisotopic (exact) mass is 314 g/mol. The first kappa shape index (κ1) is 14.6. The van der Waals surface area contributed by atoms with E-state index in [2.05, 4.69) is 15.1 Å². The summed E-state index contributed by atoms with van der Waals surface area (Å²) in [5, 5.41) is 5.95. The zero-order valence-corrected chi connectivity index (χ0v) is 12.5. The fourth-order valence-corrected chi connectivity index (χ4v) is 2.25. The number of halogens is 1. The third-order valence-corrected chi connectivity index (χ3v) is 3.41. The summed E-state index contributed by atoms with van der Waals surface area (Å²) in [7, 11) is 0. The van der Waals surface area contributed by atoms with Crippen LogP contribution in [0.5, 0.6) is 0 Å². The minimum atomic E-state index is 0.360. The first-order valence-corrected chi connectivity index (χ1v) is 7.25. The molecule has 5 nitrogen and oxygen atoms in total. The van der Waals surface area contributed by atoms with Crippen LogP contribution in [-0.2, 0) is 4.84 Å². The normalized spacial score (nSPS) is 11.8. The average molecular weight is 315 g/mol. The number of nitrogens with zero attached hydrogens (tertiary/aromatic N) is 2. The van der Waals surface area contributed by atoms with Crippen LogP contribution >= 0.6 is 11.6 Å². The second kappa shape index (κ2) is 6.60. The summed E-state index contributed by atoms with van der Waals surface area (Å²) < 4.78 is 0. The van der Waals surface area contributed by atoms with Crippen LogP contribution in [0.25, 0.3) is 10.9 Å². The number of pyridine rings is 1. The van der Waals surface area contributed by atoms with Crippen LogP contribution in [0.15, 0.2) is 53.9 Å². The van der Waals surface area contributed by atoms with Crippen molar-refractivity contribution >= 4 is 28.2 Å². The molecular formula is C16H15ClN4O. The van der Waals surface area contributed by atoms with Gasteiger partial charge in [-0.15, -0.1) is 0 Å². The average Bonchev–Trinajstić information content (AvgIpc) is 2.96. The number of benzene rings is 1. The van der Waals surface area contributed by atoms with E-state index in [0.29, 0.717) is 23.9 Å². The van der Waals surface area contributed by atoms with Gasteiger partial charge in [0.2, 0.25) is 0 Å². The molecule has 0 unspecified atom stereocenters. The van der Waals surface area contributed by atoms with Crippen molar-refractivity contribution < 1.29 is 4.84 Å². The maximum absolute atomic E-state index is 5.95. The number of nitrogens with one attached hydrogen (secondary N) is 1. The van der Waals surface area contributed by atoms with Gasteiger partial charge < -0.3 is 15.6 Å². The largest absolute Gasteiger partial charge is 0.394 e. The Hall–Kier alpha value is -2.37. The Bertz CT molecular complexity index is 762. The van der Waals surface area contributed by atoms with E-state index in [9.17, 15) is 0 Å². The minimum absolute atomic E-state index is 0.360. The molecule has 3 aromatic rings. The highest BCUT2D eigenvalue weighted by atomic mass is 35.5. The Morgan fingerprint density at radius 2 is 2.09 bits per heavy atom. The molecule has 1 aromatic carbocycles. The highest BCUT2D eigenvalue weighted by molar-refractivity contribution is 6.30. The van der Waals surface area contributed by atoms with Crippen LogP contribution in [0.3, 0.4) is 0 Å². The Morgan fingerprint density at radius 3 is 2.82 bits per heavy atom. The van der Waals surface area contributed by atoms with Crippen LogP contribution in [0, 0.1) is 0 Å². The van der Waals surface area contributed by atoms with E-state index in [4.69, 9.17) is 22.2 Å². The number of aromatic nitrogens is 2. The Kier molecular flexibility index (Phi) is 4.37. The number of hydrogen-bond acceptors (Lipinski definition) is 4. The van der Waals surface area contributed by atoms with E-state index in [1.54, 1.807) is 12.4 Å². The lowest BCUT2D eigenvalue weighted by Crippen LogP contribution is -2.09. The van der Waals surface area contributed by atoms with E-state index in [0.717, 1.165) is 22.2 Å². The molecule has 112 valence electrons. The van der Waals surface area contributed by atoms with Crippen molar-refractivity contribution in [3.8, 4) is 0 Å². The van der Waals surface area contributed by atoms with Crippen LogP contribution in [0.2, 0.25) is 5.02 Å². The first-order chi connectivity index (χ1) is 10.8. The van der Waals surface area contributed by atoms with E-state index in [1.165, 1.54) is 0 Å². The van der Waals surface area contributed by atoms with Gasteiger partial charge in [0.1, 0.15) is 12.3 Å². The molecule has 0 atom stereocenters. The van der Waals surface area contributed by atoms with Gasteiger partial charge >= 0.3 is 0 Å². The number of H-pyrrole nitrogens is 1. The lowest BCUT2D eigenvalue weighted by molar-refractivity contribution is 0.152. The molecule has 3 rings (SSSR count). The molecule has 2 aromatic heterocycles. The standard InChI is InChI=1S/C16H15ClN4O/c17-13-3-1-11(2-4-13)16(21-22-8-6-18)14-9-12-5-7-19-10-15(12)20-14/h1-5,7,9-10,20H,6,8,18H2. The van der Waals surface area contributed by atoms with E-state index in [-0.39, 0.29) is 0 Å². The number of aromatic amines is 1. The molecule has 0 radical (unpaired) electrons. The third kappa shape index (κ3) is 3.10. The van der Waals surface area contributed by atoms with Gasteiger partial charge in [-0.05, 0) is 24.3 Å². The molecule has 0 amide bonds. The van der Waals surface area contributed by atoms with Crippen molar-refractivity contribution in [2.45, 2.75) is 0 Å². The number of hydrogen-bond donors (Lipinski definition) is 2. The van der Waals surface area contributed by atoms with Crippen LogP contribution in [0.1, 0.15) is 11.3 Å². The topological polar surface area (TPSA) is 76.3 Å². The smallest absolute Gasteiger partial charge is 0.133 e. The SMILES string of the molecule is NCCON=C(c1ccc(Cl)cc1)c1cc2ccncc2[nH]1. The summed E-state index contributed by atoms with van der Waals surface area (Å²) in [6, 6.07) is 11.4. The lowest BCUT2D eigenvalue weighted by Gasteiger charge is -2.05. The van der Waals surface area contributed by atoms with Gasteiger partial charge in [-0.1, -0.05) is 28.9 Å². The molecule has 0 fully saturated rings. The van der Waals surface area contributed by atoms with Crippen molar-refractivity contribution in [3.05, 3.63) is 65.1 Å². The first-order valence-electron chi connectivity index (χ1n) is 6.87. The molecular weight excluding hydrogens is 300 g/mol. The summed E-state index contributed by atoms with van der Waals surface area (Å²) in [5.41, 5.74) is 8.84.